The Hall–Kier alpha value is -7.36. The molecule has 0 radical (unpaired) electrons. The first-order valence-corrected chi connectivity index (χ1v) is 20.4. The highest BCUT2D eigenvalue weighted by Crippen LogP contribution is 2.62. The predicted molar refractivity (Wildman–Crippen MR) is 239 cm³/mol. The third kappa shape index (κ3) is 4.88. The Balaban J connectivity index is 0.986. The van der Waals surface area contributed by atoms with Crippen LogP contribution in [0.5, 0.6) is 11.5 Å². The normalized spacial score (nSPS) is 14.3. The number of benzene rings is 8. The number of rotatable bonds is 4. The topological polar surface area (TPSA) is 35.0 Å². The van der Waals surface area contributed by atoms with Crippen LogP contribution in [0, 0.1) is 0 Å². The van der Waals surface area contributed by atoms with Crippen LogP contribution in [0.1, 0.15) is 47.2 Å². The molecule has 0 saturated heterocycles. The Labute approximate surface area is 344 Å². The fourth-order valence-electron chi connectivity index (χ4n) is 10.2. The van der Waals surface area contributed by atoms with Crippen molar-refractivity contribution < 1.29 is 4.74 Å². The molecule has 3 heteroatoms. The van der Waals surface area contributed by atoms with Crippen molar-refractivity contribution in [1.82, 2.24) is 9.97 Å². The van der Waals surface area contributed by atoms with Gasteiger partial charge in [-0.05, 0) is 86.0 Å². The zero-order chi connectivity index (χ0) is 39.3. The van der Waals surface area contributed by atoms with Gasteiger partial charge in [-0.15, -0.1) is 0 Å². The van der Waals surface area contributed by atoms with Gasteiger partial charge < -0.3 is 4.74 Å². The molecule has 3 nitrogen and oxygen atoms in total. The maximum absolute atomic E-state index is 6.85. The van der Waals surface area contributed by atoms with Crippen LogP contribution in [0.15, 0.2) is 194 Å². The van der Waals surface area contributed by atoms with E-state index < -0.39 is 5.41 Å². The quantitative estimate of drug-likeness (QED) is 0.179. The average molecular weight is 755 g/mol. The standard InChI is InChI=1S/C56H38N2O/c1-55(2)44-22-9-6-19-40(44)43-29-27-39(32-49(43)55)51-34-50(57-54(58-51)35-15-4-3-5-16-35)38-18-14-17-36(31-38)37-28-30-48-53(33-37)59-52-26-13-12-25-47(52)56(48)45-23-10-7-20-41(45)42-21-8-11-24-46(42)56/h3-34H,1-2H3. The molecule has 278 valence electrons. The van der Waals surface area contributed by atoms with Gasteiger partial charge >= 0.3 is 0 Å². The summed E-state index contributed by atoms with van der Waals surface area (Å²) in [6, 6.07) is 69.8. The summed E-state index contributed by atoms with van der Waals surface area (Å²) in [5, 5.41) is 0. The van der Waals surface area contributed by atoms with Crippen LogP contribution in [-0.2, 0) is 10.8 Å². The van der Waals surface area contributed by atoms with Gasteiger partial charge in [-0.2, -0.15) is 0 Å². The predicted octanol–water partition coefficient (Wildman–Crippen LogP) is 13.9. The molecular formula is C56H38N2O. The lowest BCUT2D eigenvalue weighted by Gasteiger charge is -2.39. The van der Waals surface area contributed by atoms with Crippen molar-refractivity contribution in [2.24, 2.45) is 0 Å². The number of fused-ring (bicyclic) bond motifs is 12. The monoisotopic (exact) mass is 754 g/mol. The summed E-state index contributed by atoms with van der Waals surface area (Å²) < 4.78 is 6.85. The Morgan fingerprint density at radius 2 is 0.847 bits per heavy atom. The average Bonchev–Trinajstić information content (AvgIpc) is 3.72. The Morgan fingerprint density at radius 3 is 1.58 bits per heavy atom. The molecule has 0 unspecified atom stereocenters. The van der Waals surface area contributed by atoms with E-state index >= 15 is 0 Å². The molecule has 0 bridgehead atoms. The van der Waals surface area contributed by atoms with Gasteiger partial charge in [-0.25, -0.2) is 9.97 Å². The summed E-state index contributed by atoms with van der Waals surface area (Å²) >= 11 is 0. The van der Waals surface area contributed by atoms with Gasteiger partial charge in [0, 0.05) is 33.2 Å². The number of aromatic nitrogens is 2. The molecule has 0 atom stereocenters. The van der Waals surface area contributed by atoms with Crippen LogP contribution in [-0.4, -0.2) is 9.97 Å². The maximum atomic E-state index is 6.85. The first-order chi connectivity index (χ1) is 29.0. The second-order valence-electron chi connectivity index (χ2n) is 16.5. The molecule has 2 heterocycles. The molecule has 8 aromatic carbocycles. The molecule has 1 spiro atoms. The Bertz CT molecular complexity index is 3130. The van der Waals surface area contributed by atoms with E-state index in [1.54, 1.807) is 0 Å². The van der Waals surface area contributed by atoms with Gasteiger partial charge in [0.15, 0.2) is 5.82 Å². The minimum Gasteiger partial charge on any atom is -0.457 e. The summed E-state index contributed by atoms with van der Waals surface area (Å²) in [5.41, 5.74) is 19.2. The maximum Gasteiger partial charge on any atom is 0.160 e. The van der Waals surface area contributed by atoms with Gasteiger partial charge in [-0.1, -0.05) is 178 Å². The second kappa shape index (κ2) is 12.6. The Kier molecular flexibility index (Phi) is 7.19. The molecule has 0 N–H and O–H groups in total. The lowest BCUT2D eigenvalue weighted by atomic mass is 9.66. The lowest BCUT2D eigenvalue weighted by molar-refractivity contribution is 0.436. The molecular weight excluding hydrogens is 717 g/mol. The van der Waals surface area contributed by atoms with Crippen molar-refractivity contribution in [1.29, 1.82) is 0 Å². The molecule has 0 saturated carbocycles. The third-order valence-electron chi connectivity index (χ3n) is 13.0. The highest BCUT2D eigenvalue weighted by atomic mass is 16.5. The first-order valence-electron chi connectivity index (χ1n) is 20.4. The number of para-hydroxylation sites is 1. The van der Waals surface area contributed by atoms with Crippen LogP contribution in [0.3, 0.4) is 0 Å². The molecule has 0 amide bonds. The van der Waals surface area contributed by atoms with E-state index in [0.717, 1.165) is 56.3 Å². The van der Waals surface area contributed by atoms with E-state index in [-0.39, 0.29) is 5.41 Å². The van der Waals surface area contributed by atoms with Crippen LogP contribution < -0.4 is 4.74 Å². The van der Waals surface area contributed by atoms with Gasteiger partial charge in [0.2, 0.25) is 0 Å². The van der Waals surface area contributed by atoms with E-state index in [0.29, 0.717) is 5.82 Å². The lowest BCUT2D eigenvalue weighted by Crippen LogP contribution is -2.32. The van der Waals surface area contributed by atoms with Crippen molar-refractivity contribution in [3.63, 3.8) is 0 Å². The van der Waals surface area contributed by atoms with Crippen molar-refractivity contribution in [3.05, 3.63) is 228 Å². The molecule has 0 fully saturated rings. The van der Waals surface area contributed by atoms with E-state index in [9.17, 15) is 0 Å². The first kappa shape index (κ1) is 33.7. The zero-order valence-electron chi connectivity index (χ0n) is 32.8. The van der Waals surface area contributed by atoms with Gasteiger partial charge in [0.25, 0.3) is 0 Å². The molecule has 12 rings (SSSR count). The fraction of sp³-hybridized carbons (Fsp3) is 0.0714. The molecule has 9 aromatic rings. The largest absolute Gasteiger partial charge is 0.457 e. The Morgan fingerprint density at radius 1 is 0.339 bits per heavy atom. The van der Waals surface area contributed by atoms with E-state index in [2.05, 4.69) is 190 Å². The van der Waals surface area contributed by atoms with Crippen molar-refractivity contribution in [2.75, 3.05) is 0 Å². The summed E-state index contributed by atoms with van der Waals surface area (Å²) in [4.78, 5) is 10.4. The van der Waals surface area contributed by atoms with Gasteiger partial charge in [0.1, 0.15) is 11.5 Å². The fourth-order valence-corrected chi connectivity index (χ4v) is 10.2. The summed E-state index contributed by atoms with van der Waals surface area (Å²) in [7, 11) is 0. The molecule has 59 heavy (non-hydrogen) atoms. The van der Waals surface area contributed by atoms with Crippen LogP contribution in [0.2, 0.25) is 0 Å². The number of nitrogens with zero attached hydrogens (tertiary/aromatic N) is 2. The number of ether oxygens (including phenoxy) is 1. The highest BCUT2D eigenvalue weighted by molar-refractivity contribution is 5.89. The second-order valence-corrected chi connectivity index (χ2v) is 16.5. The minimum atomic E-state index is -0.488. The van der Waals surface area contributed by atoms with Gasteiger partial charge in [-0.3, -0.25) is 0 Å². The number of hydrogen-bond donors (Lipinski definition) is 0. The molecule has 1 aliphatic heterocycles. The summed E-state index contributed by atoms with van der Waals surface area (Å²) in [5.74, 6) is 2.46. The van der Waals surface area contributed by atoms with E-state index in [4.69, 9.17) is 14.7 Å². The molecule has 2 aliphatic carbocycles. The summed E-state index contributed by atoms with van der Waals surface area (Å²) in [6.45, 7) is 4.65. The van der Waals surface area contributed by atoms with Crippen molar-refractivity contribution in [3.8, 4) is 78.8 Å². The summed E-state index contributed by atoms with van der Waals surface area (Å²) in [6.07, 6.45) is 0. The van der Waals surface area contributed by atoms with E-state index in [1.807, 2.05) is 18.2 Å². The highest BCUT2D eigenvalue weighted by Gasteiger charge is 2.51. The van der Waals surface area contributed by atoms with Crippen molar-refractivity contribution >= 4 is 0 Å². The van der Waals surface area contributed by atoms with Gasteiger partial charge in [0.05, 0.1) is 16.8 Å². The molecule has 3 aliphatic rings. The number of hydrogen-bond acceptors (Lipinski definition) is 3. The van der Waals surface area contributed by atoms with Crippen LogP contribution in [0.4, 0.5) is 0 Å². The van der Waals surface area contributed by atoms with Crippen LogP contribution >= 0.6 is 0 Å². The van der Waals surface area contributed by atoms with Crippen LogP contribution in [0.25, 0.3) is 67.3 Å². The SMILES string of the molecule is CC1(C)c2ccccc2-c2ccc(-c3cc(-c4cccc(-c5ccc6c(c5)Oc5ccccc5C65c6ccccc6-c6ccccc65)c4)nc(-c4ccccc4)n3)cc21. The third-order valence-corrected chi connectivity index (χ3v) is 13.0. The molecule has 1 aromatic heterocycles. The van der Waals surface area contributed by atoms with Crippen molar-refractivity contribution in [2.45, 2.75) is 24.7 Å². The smallest absolute Gasteiger partial charge is 0.160 e. The van der Waals surface area contributed by atoms with E-state index in [1.165, 1.54) is 50.1 Å². The zero-order valence-corrected chi connectivity index (χ0v) is 32.8. The minimum absolute atomic E-state index is 0.112.